The van der Waals surface area contributed by atoms with E-state index in [0.717, 1.165) is 58.2 Å². The van der Waals surface area contributed by atoms with Gasteiger partial charge in [-0.05, 0) is 106 Å². The summed E-state index contributed by atoms with van der Waals surface area (Å²) in [6, 6.07) is 5.95. The number of aromatic hydroxyl groups is 1. The zero-order chi connectivity index (χ0) is 36.2. The topological polar surface area (TPSA) is 124 Å². The Morgan fingerprint density at radius 3 is 2.63 bits per heavy atom. The highest BCUT2D eigenvalue weighted by atomic mass is 19.1. The highest BCUT2D eigenvalue weighted by molar-refractivity contribution is 6.01. The number of rotatable bonds is 8. The van der Waals surface area contributed by atoms with Gasteiger partial charge in [0.05, 0.1) is 16.5 Å². The van der Waals surface area contributed by atoms with Gasteiger partial charge in [-0.15, -0.1) is 0 Å². The summed E-state index contributed by atoms with van der Waals surface area (Å²) in [7, 11) is 0. The largest absolute Gasteiger partial charge is 0.508 e. The van der Waals surface area contributed by atoms with Gasteiger partial charge in [-0.1, -0.05) is 13.0 Å². The predicted octanol–water partition coefficient (Wildman–Crippen LogP) is 6.35. The summed E-state index contributed by atoms with van der Waals surface area (Å²) in [5, 5.41) is 23.1. The Morgan fingerprint density at radius 2 is 1.85 bits per heavy atom. The summed E-state index contributed by atoms with van der Waals surface area (Å²) in [6.07, 6.45) is 8.59. The molecular weight excluding hydrogens is 670 g/mol. The lowest BCUT2D eigenvalue weighted by Crippen LogP contribution is -2.48. The number of aromatic nitrogens is 3. The number of carbonyl (C=O) groups is 1. The van der Waals surface area contributed by atoms with E-state index >= 15 is 8.78 Å². The van der Waals surface area contributed by atoms with E-state index in [4.69, 9.17) is 14.5 Å². The second-order valence-electron chi connectivity index (χ2n) is 15.3. The number of fused-ring (bicyclic) bond motifs is 3. The number of piperidine rings is 1. The minimum atomic E-state index is -0.968. The van der Waals surface area contributed by atoms with Gasteiger partial charge in [0, 0.05) is 44.0 Å². The maximum atomic E-state index is 17.0. The smallest absolute Gasteiger partial charge is 0.409 e. The first-order chi connectivity index (χ1) is 25.1. The molecule has 3 atom stereocenters. The number of ether oxygens (including phenoxy) is 2. The maximum Gasteiger partial charge on any atom is 0.409 e. The molecule has 0 aliphatic carbocycles. The van der Waals surface area contributed by atoms with E-state index in [1.54, 1.807) is 17.9 Å². The van der Waals surface area contributed by atoms with Gasteiger partial charge in [0.15, 0.2) is 5.82 Å². The Hall–Kier alpha value is -4.36. The average Bonchev–Trinajstić information content (AvgIpc) is 3.88. The number of halogens is 2. The first kappa shape index (κ1) is 34.7. The van der Waals surface area contributed by atoms with Crippen LogP contribution >= 0.6 is 0 Å². The van der Waals surface area contributed by atoms with E-state index in [0.29, 0.717) is 60.0 Å². The van der Waals surface area contributed by atoms with Crippen molar-refractivity contribution >= 4 is 33.6 Å². The molecule has 11 nitrogen and oxygen atoms in total. The van der Waals surface area contributed by atoms with Gasteiger partial charge in [-0.25, -0.2) is 13.6 Å². The van der Waals surface area contributed by atoms with E-state index in [1.807, 2.05) is 11.8 Å². The Bertz CT molecular complexity index is 2020. The van der Waals surface area contributed by atoms with Crippen LogP contribution in [-0.2, 0) is 11.2 Å². The van der Waals surface area contributed by atoms with Crippen molar-refractivity contribution in [2.75, 3.05) is 50.8 Å². The highest BCUT2D eigenvalue weighted by Gasteiger charge is 2.50. The van der Waals surface area contributed by atoms with Gasteiger partial charge >= 0.3 is 12.1 Å². The number of benzene rings is 2. The number of aryl methyl sites for hydroxylation is 1. The lowest BCUT2D eigenvalue weighted by Gasteiger charge is -2.38. The number of phenolic OH excluding ortho intramolecular Hbond substituents is 1. The van der Waals surface area contributed by atoms with Gasteiger partial charge in [-0.2, -0.15) is 9.97 Å². The van der Waals surface area contributed by atoms with Crippen LogP contribution in [-0.4, -0.2) is 104 Å². The van der Waals surface area contributed by atoms with Gasteiger partial charge in [0.25, 0.3) is 0 Å². The molecule has 4 aliphatic rings. The molecule has 4 aliphatic heterocycles. The lowest BCUT2D eigenvalue weighted by molar-refractivity contribution is 0.0438. The van der Waals surface area contributed by atoms with Crippen molar-refractivity contribution in [1.82, 2.24) is 24.8 Å². The van der Waals surface area contributed by atoms with Crippen LogP contribution in [0.15, 0.2) is 30.5 Å². The zero-order valence-corrected chi connectivity index (χ0v) is 29.8. The van der Waals surface area contributed by atoms with Crippen LogP contribution in [0.4, 0.5) is 19.4 Å². The second-order valence-corrected chi connectivity index (χ2v) is 15.3. The van der Waals surface area contributed by atoms with Gasteiger partial charge in [0.1, 0.15) is 41.8 Å². The van der Waals surface area contributed by atoms with E-state index < -0.39 is 17.2 Å². The first-order valence-electron chi connectivity index (χ1n) is 18.7. The monoisotopic (exact) mass is 716 g/mol. The maximum absolute atomic E-state index is 17.0. The molecule has 52 heavy (non-hydrogen) atoms. The minimum absolute atomic E-state index is 0.00922. The average molecular weight is 717 g/mol. The summed E-state index contributed by atoms with van der Waals surface area (Å²) in [5.74, 6) is -0.839. The molecule has 4 aromatic rings. The number of β-amino-alcohol motifs (C(OH)–C–C–N with tert-alkyl or cyclic N) is 1. The minimum Gasteiger partial charge on any atom is -0.508 e. The molecule has 0 spiro atoms. The van der Waals surface area contributed by atoms with Crippen molar-refractivity contribution in [3.8, 4) is 23.0 Å². The Kier molecular flexibility index (Phi) is 9.05. The molecule has 6 heterocycles. The number of likely N-dealkylation sites (tertiary alicyclic amines) is 1. The number of nitrogens with zero attached hydrogens (tertiary/aromatic N) is 6. The summed E-state index contributed by atoms with van der Waals surface area (Å²) in [4.78, 5) is 32.7. The van der Waals surface area contributed by atoms with Crippen LogP contribution in [0, 0.1) is 11.6 Å². The molecule has 1 amide bonds. The fourth-order valence-corrected chi connectivity index (χ4v) is 9.09. The van der Waals surface area contributed by atoms with Gasteiger partial charge < -0.3 is 29.5 Å². The van der Waals surface area contributed by atoms with E-state index in [1.165, 1.54) is 24.4 Å². The summed E-state index contributed by atoms with van der Waals surface area (Å²) in [6.45, 7) is 7.45. The fraction of sp³-hybridized carbons (Fsp3) is 0.538. The number of hydrogen-bond donors (Lipinski definition) is 2. The molecule has 276 valence electrons. The number of anilines is 1. The predicted molar refractivity (Wildman–Crippen MR) is 193 cm³/mol. The first-order valence-corrected chi connectivity index (χ1v) is 18.7. The highest BCUT2D eigenvalue weighted by Crippen LogP contribution is 2.44. The third-order valence-electron chi connectivity index (χ3n) is 11.6. The van der Waals surface area contributed by atoms with Crippen LogP contribution in [0.1, 0.15) is 70.8 Å². The molecule has 8 rings (SSSR count). The molecule has 2 aromatic heterocycles. The molecule has 2 aromatic carbocycles. The summed E-state index contributed by atoms with van der Waals surface area (Å²) < 4.78 is 44.2. The van der Waals surface area contributed by atoms with Crippen LogP contribution in [0.25, 0.3) is 32.9 Å². The van der Waals surface area contributed by atoms with Crippen LogP contribution < -0.4 is 9.64 Å². The quantitative estimate of drug-likeness (QED) is 0.213. The molecule has 0 unspecified atom stereocenters. The Labute approximate surface area is 301 Å². The van der Waals surface area contributed by atoms with Crippen LogP contribution in [0.5, 0.6) is 11.8 Å². The molecular formula is C39H46F2N6O5. The number of pyridine rings is 1. The number of carbonyl (C=O) groups excluding carboxylic acids is 1. The van der Waals surface area contributed by atoms with Crippen LogP contribution in [0.3, 0.4) is 0 Å². The number of amides is 1. The van der Waals surface area contributed by atoms with Crippen molar-refractivity contribution in [3.63, 3.8) is 0 Å². The Balaban J connectivity index is 1.15. The molecule has 0 saturated carbocycles. The molecule has 2 N–H and O–H groups in total. The molecule has 4 saturated heterocycles. The fourth-order valence-electron chi connectivity index (χ4n) is 9.09. The molecule has 4 fully saturated rings. The van der Waals surface area contributed by atoms with Gasteiger partial charge in [0.2, 0.25) is 0 Å². The van der Waals surface area contributed by atoms with Crippen molar-refractivity contribution in [3.05, 3.63) is 47.7 Å². The van der Waals surface area contributed by atoms with Crippen molar-refractivity contribution in [2.45, 2.75) is 88.8 Å². The summed E-state index contributed by atoms with van der Waals surface area (Å²) in [5.41, 5.74) is -0.682. The number of aliphatic hydroxyl groups is 1. The molecule has 0 radical (unpaired) electrons. The zero-order valence-electron chi connectivity index (χ0n) is 29.8. The second kappa shape index (κ2) is 13.6. The summed E-state index contributed by atoms with van der Waals surface area (Å²) >= 11 is 0. The van der Waals surface area contributed by atoms with E-state index in [9.17, 15) is 15.0 Å². The standard InChI is InChI=1S/C39H46F2N6O5/c1-3-27-30(40)9-8-24-18-26(48)19-28(31(24)27)33-32(41)34-29(20-42-33)35(46-16-6-11-38(2,50)22-46)44-36(43-34)52-23-39-12-7-17-47(39)25(10-13-39)21-51-37(49)45-14-4-5-15-45/h8-9,18-20,25,48,50H,3-7,10-17,21-23H2,1-2H3/t25-,38+,39-/m0/s1. The Morgan fingerprint density at radius 1 is 1.04 bits per heavy atom. The number of hydrogen-bond acceptors (Lipinski definition) is 10. The van der Waals surface area contributed by atoms with Crippen molar-refractivity contribution < 1.29 is 33.3 Å². The SMILES string of the molecule is CCc1c(F)ccc2cc(O)cc(-c3ncc4c(N5CCC[C@@](C)(O)C5)nc(OC[C@@]56CCCN5[C@H](COC(=O)N5CCCC5)CC6)nc4c3F)c12. The van der Waals surface area contributed by atoms with E-state index in [-0.39, 0.29) is 59.4 Å². The van der Waals surface area contributed by atoms with Crippen molar-refractivity contribution in [2.24, 2.45) is 0 Å². The number of phenols is 1. The van der Waals surface area contributed by atoms with Gasteiger partial charge in [-0.3, -0.25) is 9.88 Å². The normalized spacial score (nSPS) is 25.0. The third kappa shape index (κ3) is 6.25. The lowest BCUT2D eigenvalue weighted by atomic mass is 9.94. The third-order valence-corrected chi connectivity index (χ3v) is 11.6. The van der Waals surface area contributed by atoms with Crippen LogP contribution in [0.2, 0.25) is 0 Å². The molecule has 0 bridgehead atoms. The van der Waals surface area contributed by atoms with Crippen molar-refractivity contribution in [1.29, 1.82) is 0 Å². The molecule has 13 heteroatoms. The van der Waals surface area contributed by atoms with E-state index in [2.05, 4.69) is 14.9 Å².